The van der Waals surface area contributed by atoms with Crippen LogP contribution in [0.2, 0.25) is 0 Å². The summed E-state index contributed by atoms with van der Waals surface area (Å²) in [5.41, 5.74) is 1.07. The van der Waals surface area contributed by atoms with Crippen molar-refractivity contribution in [2.24, 2.45) is 0 Å². The number of hydrogen-bond donors (Lipinski definition) is 2. The van der Waals surface area contributed by atoms with Crippen LogP contribution in [-0.4, -0.2) is 28.0 Å². The first kappa shape index (κ1) is 15.5. The number of nitrogens with one attached hydrogen (secondary N) is 1. The first-order chi connectivity index (χ1) is 8.54. The molecule has 102 valence electrons. The van der Waals surface area contributed by atoms with Gasteiger partial charge in [0.15, 0.2) is 0 Å². The number of aromatic nitrogens is 1. The Morgan fingerprint density at radius 2 is 2.06 bits per heavy atom. The third kappa shape index (κ3) is 4.96. The molecule has 0 aliphatic carbocycles. The summed E-state index contributed by atoms with van der Waals surface area (Å²) >= 11 is 1.66. The summed E-state index contributed by atoms with van der Waals surface area (Å²) in [4.78, 5) is 5.59. The predicted octanol–water partition coefficient (Wildman–Crippen LogP) is 3.00. The number of aliphatic hydroxyl groups excluding tert-OH is 1. The third-order valence-electron chi connectivity index (χ3n) is 2.90. The van der Waals surface area contributed by atoms with E-state index in [2.05, 4.69) is 36.3 Å². The molecular formula is C14H24N2OS. The zero-order valence-electron chi connectivity index (χ0n) is 11.7. The fraction of sp³-hybridized carbons (Fsp3) is 0.643. The Hall–Kier alpha value is -0.580. The molecule has 0 aliphatic rings. The van der Waals surface area contributed by atoms with Crippen molar-refractivity contribution < 1.29 is 5.11 Å². The lowest BCUT2D eigenvalue weighted by atomic mass is 10.2. The highest BCUT2D eigenvalue weighted by atomic mass is 32.2. The van der Waals surface area contributed by atoms with E-state index in [1.54, 1.807) is 11.8 Å². The molecule has 0 aliphatic heterocycles. The second kappa shape index (κ2) is 7.77. The molecule has 0 spiro atoms. The van der Waals surface area contributed by atoms with Crippen LogP contribution in [0.25, 0.3) is 0 Å². The molecule has 0 saturated carbocycles. The molecule has 3 nitrogen and oxygen atoms in total. The van der Waals surface area contributed by atoms with Gasteiger partial charge in [0.05, 0.1) is 11.8 Å². The first-order valence-electron chi connectivity index (χ1n) is 6.58. The summed E-state index contributed by atoms with van der Waals surface area (Å²) in [5, 5.41) is 13.1. The fourth-order valence-electron chi connectivity index (χ4n) is 1.50. The number of rotatable bonds is 7. The molecule has 2 N–H and O–H groups in total. The van der Waals surface area contributed by atoms with Gasteiger partial charge in [-0.1, -0.05) is 13.8 Å². The minimum Gasteiger partial charge on any atom is -0.392 e. The SMILES string of the molecule is CCCNC(C)c1ccc(SC(C)C(C)O)cn1. The van der Waals surface area contributed by atoms with E-state index in [9.17, 15) is 5.11 Å². The van der Waals surface area contributed by atoms with Crippen molar-refractivity contribution in [3.8, 4) is 0 Å². The van der Waals surface area contributed by atoms with Crippen LogP contribution >= 0.6 is 11.8 Å². The maximum Gasteiger partial charge on any atom is 0.0631 e. The van der Waals surface area contributed by atoms with E-state index in [1.165, 1.54) is 0 Å². The van der Waals surface area contributed by atoms with Gasteiger partial charge in [-0.05, 0) is 38.9 Å². The molecule has 3 unspecified atom stereocenters. The Balaban J connectivity index is 2.56. The standard InChI is InChI=1S/C14H24N2OS/c1-5-8-15-10(2)14-7-6-13(9-16-14)18-12(4)11(3)17/h6-7,9-12,15,17H,5,8H2,1-4H3. The van der Waals surface area contributed by atoms with Gasteiger partial charge < -0.3 is 10.4 Å². The highest BCUT2D eigenvalue weighted by molar-refractivity contribution is 8.00. The number of aliphatic hydroxyl groups is 1. The molecule has 1 aromatic heterocycles. The van der Waals surface area contributed by atoms with E-state index >= 15 is 0 Å². The zero-order valence-corrected chi connectivity index (χ0v) is 12.5. The summed E-state index contributed by atoms with van der Waals surface area (Å²) < 4.78 is 0. The van der Waals surface area contributed by atoms with Crippen molar-refractivity contribution in [2.45, 2.75) is 56.4 Å². The molecule has 1 rings (SSSR count). The van der Waals surface area contributed by atoms with E-state index in [0.29, 0.717) is 0 Å². The van der Waals surface area contributed by atoms with Gasteiger partial charge >= 0.3 is 0 Å². The second-order valence-electron chi connectivity index (χ2n) is 4.66. The quantitative estimate of drug-likeness (QED) is 0.746. The van der Waals surface area contributed by atoms with E-state index in [4.69, 9.17) is 0 Å². The maximum atomic E-state index is 9.47. The molecule has 0 saturated heterocycles. The van der Waals surface area contributed by atoms with E-state index in [-0.39, 0.29) is 17.4 Å². The smallest absolute Gasteiger partial charge is 0.0631 e. The Morgan fingerprint density at radius 1 is 1.33 bits per heavy atom. The van der Waals surface area contributed by atoms with Crippen LogP contribution in [0.5, 0.6) is 0 Å². The third-order valence-corrected chi connectivity index (χ3v) is 4.18. The van der Waals surface area contributed by atoms with Gasteiger partial charge in [0, 0.05) is 22.4 Å². The van der Waals surface area contributed by atoms with Crippen LogP contribution < -0.4 is 5.32 Å². The minimum atomic E-state index is -0.306. The lowest BCUT2D eigenvalue weighted by Crippen LogP contribution is -2.20. The van der Waals surface area contributed by atoms with Gasteiger partial charge in [-0.2, -0.15) is 0 Å². The number of nitrogens with zero attached hydrogens (tertiary/aromatic N) is 1. The first-order valence-corrected chi connectivity index (χ1v) is 7.46. The Morgan fingerprint density at radius 3 is 2.56 bits per heavy atom. The normalized spacial score (nSPS) is 16.3. The van der Waals surface area contributed by atoms with Crippen molar-refractivity contribution in [2.75, 3.05) is 6.54 Å². The van der Waals surface area contributed by atoms with Crippen LogP contribution in [0.15, 0.2) is 23.2 Å². The van der Waals surface area contributed by atoms with Crippen molar-refractivity contribution in [3.05, 3.63) is 24.0 Å². The van der Waals surface area contributed by atoms with Crippen LogP contribution in [-0.2, 0) is 0 Å². The summed E-state index contributed by atoms with van der Waals surface area (Å²) in [6, 6.07) is 4.43. The highest BCUT2D eigenvalue weighted by Crippen LogP contribution is 2.25. The molecule has 3 atom stereocenters. The second-order valence-corrected chi connectivity index (χ2v) is 6.11. The Kier molecular flexibility index (Phi) is 6.68. The van der Waals surface area contributed by atoms with E-state index in [0.717, 1.165) is 23.6 Å². The van der Waals surface area contributed by atoms with Gasteiger partial charge in [0.1, 0.15) is 0 Å². The molecule has 0 fully saturated rings. The van der Waals surface area contributed by atoms with Crippen molar-refractivity contribution in [3.63, 3.8) is 0 Å². The summed E-state index contributed by atoms with van der Waals surface area (Å²) in [5.74, 6) is 0. The van der Waals surface area contributed by atoms with E-state index in [1.807, 2.05) is 20.0 Å². The molecule has 4 heteroatoms. The summed E-state index contributed by atoms with van der Waals surface area (Å²) in [6.07, 6.45) is 2.72. The molecule has 0 aromatic carbocycles. The van der Waals surface area contributed by atoms with Gasteiger partial charge in [-0.15, -0.1) is 11.8 Å². The van der Waals surface area contributed by atoms with Crippen molar-refractivity contribution >= 4 is 11.8 Å². The molecule has 0 radical (unpaired) electrons. The lowest BCUT2D eigenvalue weighted by molar-refractivity contribution is 0.196. The average molecular weight is 268 g/mol. The van der Waals surface area contributed by atoms with Crippen molar-refractivity contribution in [1.82, 2.24) is 10.3 Å². The molecule has 1 aromatic rings. The van der Waals surface area contributed by atoms with Gasteiger partial charge in [-0.3, -0.25) is 4.98 Å². The molecular weight excluding hydrogens is 244 g/mol. The minimum absolute atomic E-state index is 0.188. The Bertz CT molecular complexity index is 340. The summed E-state index contributed by atoms with van der Waals surface area (Å²) in [6.45, 7) is 9.14. The molecule has 0 bridgehead atoms. The fourth-order valence-corrected chi connectivity index (χ4v) is 2.38. The number of pyridine rings is 1. The van der Waals surface area contributed by atoms with E-state index < -0.39 is 0 Å². The van der Waals surface area contributed by atoms with Crippen LogP contribution in [0.3, 0.4) is 0 Å². The topological polar surface area (TPSA) is 45.1 Å². The molecule has 0 amide bonds. The van der Waals surface area contributed by atoms with Crippen molar-refractivity contribution in [1.29, 1.82) is 0 Å². The van der Waals surface area contributed by atoms with Gasteiger partial charge in [0.2, 0.25) is 0 Å². The predicted molar refractivity (Wildman–Crippen MR) is 77.9 cm³/mol. The van der Waals surface area contributed by atoms with Crippen LogP contribution in [0.4, 0.5) is 0 Å². The van der Waals surface area contributed by atoms with Crippen LogP contribution in [0, 0.1) is 0 Å². The average Bonchev–Trinajstić information content (AvgIpc) is 2.36. The number of thioether (sulfide) groups is 1. The summed E-state index contributed by atoms with van der Waals surface area (Å²) in [7, 11) is 0. The zero-order chi connectivity index (χ0) is 13.5. The number of hydrogen-bond acceptors (Lipinski definition) is 4. The van der Waals surface area contributed by atoms with Gasteiger partial charge in [0.25, 0.3) is 0 Å². The maximum absolute atomic E-state index is 9.47. The van der Waals surface area contributed by atoms with Gasteiger partial charge in [-0.25, -0.2) is 0 Å². The lowest BCUT2D eigenvalue weighted by Gasteiger charge is -2.15. The Labute approximate surface area is 114 Å². The van der Waals surface area contributed by atoms with Crippen LogP contribution in [0.1, 0.15) is 45.9 Å². The monoisotopic (exact) mass is 268 g/mol. The molecule has 1 heterocycles. The largest absolute Gasteiger partial charge is 0.392 e. The molecule has 18 heavy (non-hydrogen) atoms. The highest BCUT2D eigenvalue weighted by Gasteiger charge is 2.11.